The second-order valence-corrected chi connectivity index (χ2v) is 9.37. The van der Waals surface area contributed by atoms with E-state index in [0.717, 1.165) is 45.4 Å². The SMILES string of the molecule is CC(=O)OC[C@H]1O[C@@H](c2cc(O)c(NC(=O)c3ccc(C)cc3)cc2O)[C@H](OC(C)=O)[C@@H](OC(C)=O)[C@@H]1OC(C)=O. The lowest BCUT2D eigenvalue weighted by Gasteiger charge is -2.44. The molecule has 2 aromatic carbocycles. The lowest BCUT2D eigenvalue weighted by Crippen LogP contribution is -2.59. The number of esters is 4. The molecule has 0 aromatic heterocycles. The number of anilines is 1. The van der Waals surface area contributed by atoms with Crippen LogP contribution in [0.1, 0.15) is 55.3 Å². The minimum atomic E-state index is -1.49. The molecule has 1 aliphatic heterocycles. The number of benzene rings is 2. The molecule has 220 valence electrons. The van der Waals surface area contributed by atoms with Crippen molar-refractivity contribution in [3.8, 4) is 11.5 Å². The fourth-order valence-corrected chi connectivity index (χ4v) is 4.30. The van der Waals surface area contributed by atoms with E-state index in [0.29, 0.717) is 5.56 Å². The highest BCUT2D eigenvalue weighted by atomic mass is 16.7. The lowest BCUT2D eigenvalue weighted by molar-refractivity contribution is -0.254. The number of carbonyl (C=O) groups is 5. The number of rotatable bonds is 8. The Morgan fingerprint density at radius 2 is 1.34 bits per heavy atom. The molecule has 1 fully saturated rings. The number of phenols is 2. The van der Waals surface area contributed by atoms with Gasteiger partial charge in [-0.15, -0.1) is 0 Å². The normalized spacial score (nSPS) is 21.7. The molecule has 1 aliphatic rings. The summed E-state index contributed by atoms with van der Waals surface area (Å²) in [6.45, 7) is 5.78. The number of carbonyl (C=O) groups excluding carboxylic acids is 5. The fourth-order valence-electron chi connectivity index (χ4n) is 4.30. The van der Waals surface area contributed by atoms with Crippen LogP contribution < -0.4 is 5.32 Å². The second kappa shape index (κ2) is 13.1. The van der Waals surface area contributed by atoms with Crippen LogP contribution in [0.25, 0.3) is 0 Å². The Hall–Kier alpha value is -4.65. The molecule has 0 saturated carbocycles. The van der Waals surface area contributed by atoms with Crippen molar-refractivity contribution in [2.24, 2.45) is 0 Å². The van der Waals surface area contributed by atoms with Crippen molar-refractivity contribution in [3.05, 3.63) is 53.1 Å². The molecular weight excluding hydrogens is 542 g/mol. The molecule has 5 atom stereocenters. The third-order valence-corrected chi connectivity index (χ3v) is 6.00. The Morgan fingerprint density at radius 3 is 1.90 bits per heavy atom. The second-order valence-electron chi connectivity index (χ2n) is 9.37. The average Bonchev–Trinajstić information content (AvgIpc) is 2.87. The maximum atomic E-state index is 12.7. The maximum Gasteiger partial charge on any atom is 0.303 e. The molecule has 41 heavy (non-hydrogen) atoms. The van der Waals surface area contributed by atoms with Crippen LogP contribution in [0.2, 0.25) is 0 Å². The molecule has 0 radical (unpaired) electrons. The molecule has 13 heteroatoms. The molecular formula is C28H31NO12. The van der Waals surface area contributed by atoms with E-state index in [1.54, 1.807) is 24.3 Å². The molecule has 1 amide bonds. The summed E-state index contributed by atoms with van der Waals surface area (Å²) in [5, 5.41) is 24.2. The number of aromatic hydroxyl groups is 2. The molecule has 0 bridgehead atoms. The molecule has 0 aliphatic carbocycles. The number of amides is 1. The van der Waals surface area contributed by atoms with Crippen molar-refractivity contribution in [3.63, 3.8) is 0 Å². The molecule has 13 nitrogen and oxygen atoms in total. The Balaban J connectivity index is 2.05. The summed E-state index contributed by atoms with van der Waals surface area (Å²) in [5.74, 6) is -4.66. The first-order valence-electron chi connectivity index (χ1n) is 12.5. The average molecular weight is 574 g/mol. The Morgan fingerprint density at radius 1 is 0.780 bits per heavy atom. The molecule has 0 spiro atoms. The third-order valence-electron chi connectivity index (χ3n) is 6.00. The third kappa shape index (κ3) is 7.94. The van der Waals surface area contributed by atoms with E-state index in [1.165, 1.54) is 0 Å². The minimum Gasteiger partial charge on any atom is -0.507 e. The molecule has 1 heterocycles. The molecule has 3 rings (SSSR count). The molecule has 2 aromatic rings. The quantitative estimate of drug-likeness (QED) is 0.182. The van der Waals surface area contributed by atoms with Gasteiger partial charge in [-0.1, -0.05) is 17.7 Å². The smallest absolute Gasteiger partial charge is 0.303 e. The summed E-state index contributed by atoms with van der Waals surface area (Å²) < 4.78 is 27.2. The summed E-state index contributed by atoms with van der Waals surface area (Å²) in [7, 11) is 0. The first-order valence-corrected chi connectivity index (χ1v) is 12.5. The van der Waals surface area contributed by atoms with Crippen LogP contribution in [0, 0.1) is 6.92 Å². The van der Waals surface area contributed by atoms with Gasteiger partial charge in [0.2, 0.25) is 0 Å². The first-order chi connectivity index (χ1) is 19.3. The zero-order valence-electron chi connectivity index (χ0n) is 23.0. The monoisotopic (exact) mass is 573 g/mol. The summed E-state index contributed by atoms with van der Waals surface area (Å²) in [6.07, 6.45) is -7.04. The van der Waals surface area contributed by atoms with Gasteiger partial charge in [0.05, 0.1) is 5.69 Å². The highest BCUT2D eigenvalue weighted by Crippen LogP contribution is 2.43. The van der Waals surface area contributed by atoms with Gasteiger partial charge in [-0.05, 0) is 25.1 Å². The highest BCUT2D eigenvalue weighted by molar-refractivity contribution is 6.05. The van der Waals surface area contributed by atoms with Crippen LogP contribution >= 0.6 is 0 Å². The van der Waals surface area contributed by atoms with E-state index in [1.807, 2.05) is 6.92 Å². The van der Waals surface area contributed by atoms with E-state index in [4.69, 9.17) is 23.7 Å². The van der Waals surface area contributed by atoms with Crippen LogP contribution in [0.3, 0.4) is 0 Å². The van der Waals surface area contributed by atoms with Crippen molar-refractivity contribution < 1.29 is 57.9 Å². The van der Waals surface area contributed by atoms with E-state index in [-0.39, 0.29) is 11.3 Å². The van der Waals surface area contributed by atoms with Crippen LogP contribution in [-0.2, 0) is 42.9 Å². The first kappa shape index (κ1) is 30.9. The number of aryl methyl sites for hydroxylation is 1. The largest absolute Gasteiger partial charge is 0.507 e. The van der Waals surface area contributed by atoms with Crippen LogP contribution in [0.15, 0.2) is 36.4 Å². The fraction of sp³-hybridized carbons (Fsp3) is 0.393. The van der Waals surface area contributed by atoms with Crippen LogP contribution in [0.4, 0.5) is 5.69 Å². The van der Waals surface area contributed by atoms with Crippen molar-refractivity contribution in [1.29, 1.82) is 0 Å². The zero-order chi connectivity index (χ0) is 30.4. The topological polar surface area (TPSA) is 184 Å². The van der Waals surface area contributed by atoms with Crippen molar-refractivity contribution >= 4 is 35.5 Å². The van der Waals surface area contributed by atoms with E-state index in [9.17, 15) is 34.2 Å². The minimum absolute atomic E-state index is 0.131. The zero-order valence-corrected chi connectivity index (χ0v) is 23.0. The number of hydrogen-bond acceptors (Lipinski definition) is 12. The Bertz CT molecular complexity index is 1320. The number of nitrogens with one attached hydrogen (secondary N) is 1. The van der Waals surface area contributed by atoms with E-state index < -0.39 is 78.4 Å². The molecule has 3 N–H and O–H groups in total. The van der Waals surface area contributed by atoms with Gasteiger partial charge in [0.25, 0.3) is 5.91 Å². The maximum absolute atomic E-state index is 12.7. The Labute approximate surface area is 235 Å². The standard InChI is InChI=1S/C28H31NO12/c1-13-6-8-18(9-7-13)28(36)29-20-11-21(34)19(10-22(20)35)24-26(39-16(4)32)27(40-17(5)33)25(38-15(3)31)23(41-24)12-37-14(2)30/h6-11,23-27,34-35H,12H2,1-5H3,(H,29,36)/t23-,24+,25-,26+,27+/m1/s1. The van der Waals surface area contributed by atoms with Gasteiger partial charge in [0, 0.05) is 44.9 Å². The van der Waals surface area contributed by atoms with Gasteiger partial charge in [-0.2, -0.15) is 0 Å². The van der Waals surface area contributed by atoms with Crippen LogP contribution in [0.5, 0.6) is 11.5 Å². The number of hydrogen-bond donors (Lipinski definition) is 3. The molecule has 1 saturated heterocycles. The number of phenolic OH excluding ortho intramolecular Hbond substituents is 2. The summed E-state index contributed by atoms with van der Waals surface area (Å²) in [6, 6.07) is 8.78. The van der Waals surface area contributed by atoms with Gasteiger partial charge in [0.15, 0.2) is 18.3 Å². The van der Waals surface area contributed by atoms with Gasteiger partial charge in [0.1, 0.15) is 30.3 Å². The molecule has 0 unspecified atom stereocenters. The van der Waals surface area contributed by atoms with Gasteiger partial charge in [-0.3, -0.25) is 24.0 Å². The summed E-state index contributed by atoms with van der Waals surface area (Å²) in [5.41, 5.74) is 0.977. The van der Waals surface area contributed by atoms with Gasteiger partial charge >= 0.3 is 23.9 Å². The summed E-state index contributed by atoms with van der Waals surface area (Å²) >= 11 is 0. The number of ether oxygens (including phenoxy) is 5. The summed E-state index contributed by atoms with van der Waals surface area (Å²) in [4.78, 5) is 60.2. The van der Waals surface area contributed by atoms with Crippen molar-refractivity contribution in [2.75, 3.05) is 11.9 Å². The van der Waals surface area contributed by atoms with Crippen molar-refractivity contribution in [2.45, 2.75) is 65.1 Å². The van der Waals surface area contributed by atoms with Gasteiger partial charge in [-0.25, -0.2) is 0 Å². The van der Waals surface area contributed by atoms with E-state index >= 15 is 0 Å². The predicted molar refractivity (Wildman–Crippen MR) is 140 cm³/mol. The highest BCUT2D eigenvalue weighted by Gasteiger charge is 2.53. The van der Waals surface area contributed by atoms with E-state index in [2.05, 4.69) is 5.32 Å². The predicted octanol–water partition coefficient (Wildman–Crippen LogP) is 2.46. The van der Waals surface area contributed by atoms with Crippen molar-refractivity contribution in [1.82, 2.24) is 0 Å². The van der Waals surface area contributed by atoms with Gasteiger partial charge < -0.3 is 39.2 Å². The lowest BCUT2D eigenvalue weighted by atomic mass is 9.89. The van der Waals surface area contributed by atoms with Crippen LogP contribution in [-0.4, -0.2) is 71.0 Å². The Kier molecular flexibility index (Phi) is 9.90.